The summed E-state index contributed by atoms with van der Waals surface area (Å²) in [5, 5.41) is 11.0. The molecule has 0 amide bonds. The molecule has 0 saturated heterocycles. The van der Waals surface area contributed by atoms with Gasteiger partial charge in [0.2, 0.25) is 0 Å². The second kappa shape index (κ2) is 7.19. The fraction of sp³-hybridized carbons (Fsp3) is 0. The summed E-state index contributed by atoms with van der Waals surface area (Å²) < 4.78 is 0. The third-order valence-electron chi connectivity index (χ3n) is 4.03. The van der Waals surface area contributed by atoms with Crippen molar-refractivity contribution in [2.24, 2.45) is 0 Å². The van der Waals surface area contributed by atoms with Crippen LogP contribution in [0.25, 0.3) is 22.3 Å². The van der Waals surface area contributed by atoms with E-state index in [1.807, 2.05) is 42.5 Å². The highest BCUT2D eigenvalue weighted by atomic mass is 32.1. The number of hydrogen-bond acceptors (Lipinski definition) is 3. The topological polar surface area (TPSA) is 43.1 Å². The molecule has 0 aliphatic carbocycles. The van der Waals surface area contributed by atoms with Gasteiger partial charge in [-0.25, -0.2) is 0 Å². The molecular formula is C22H13NO2S. The highest BCUT2D eigenvalue weighted by molar-refractivity contribution is 7.80. The lowest BCUT2D eigenvalue weighted by molar-refractivity contribution is -0.385. The predicted octanol–water partition coefficient (Wildman–Crippen LogP) is 5.18. The van der Waals surface area contributed by atoms with Gasteiger partial charge in [0.15, 0.2) is 0 Å². The number of nitro benzene ring substituents is 1. The van der Waals surface area contributed by atoms with E-state index in [0.29, 0.717) is 4.90 Å². The van der Waals surface area contributed by atoms with Gasteiger partial charge in [0.05, 0.1) is 4.92 Å². The summed E-state index contributed by atoms with van der Waals surface area (Å²) in [6.45, 7) is 0. The molecule has 0 aromatic heterocycles. The van der Waals surface area contributed by atoms with E-state index in [-0.39, 0.29) is 5.69 Å². The van der Waals surface area contributed by atoms with E-state index in [1.54, 1.807) is 6.07 Å². The number of terminal acetylenes is 2. The number of thiol groups is 1. The van der Waals surface area contributed by atoms with Crippen LogP contribution in [0.15, 0.2) is 65.6 Å². The molecule has 124 valence electrons. The van der Waals surface area contributed by atoms with E-state index >= 15 is 0 Å². The smallest absolute Gasteiger partial charge is 0.258 e. The van der Waals surface area contributed by atoms with Crippen LogP contribution in [0.3, 0.4) is 0 Å². The summed E-state index contributed by atoms with van der Waals surface area (Å²) in [5.74, 6) is 5.23. The average molecular weight is 355 g/mol. The fourth-order valence-electron chi connectivity index (χ4n) is 2.72. The SMILES string of the molecule is C#Cc1ccc(-c2cc(C#C)ccc2-c2ccc([N+](=O)[O-])cc2S)cc1. The van der Waals surface area contributed by atoms with Crippen molar-refractivity contribution in [1.29, 1.82) is 0 Å². The summed E-state index contributed by atoms with van der Waals surface area (Å²) in [7, 11) is 0. The van der Waals surface area contributed by atoms with Crippen molar-refractivity contribution in [3.05, 3.63) is 81.9 Å². The van der Waals surface area contributed by atoms with Crippen LogP contribution in [0, 0.1) is 34.8 Å². The molecule has 0 fully saturated rings. The van der Waals surface area contributed by atoms with Crippen molar-refractivity contribution in [1.82, 2.24) is 0 Å². The van der Waals surface area contributed by atoms with E-state index in [4.69, 9.17) is 12.8 Å². The molecule has 0 N–H and O–H groups in total. The Morgan fingerprint density at radius 3 is 2.00 bits per heavy atom. The van der Waals surface area contributed by atoms with Crippen molar-refractivity contribution in [2.75, 3.05) is 0 Å². The molecule has 0 unspecified atom stereocenters. The molecule has 3 aromatic carbocycles. The summed E-state index contributed by atoms with van der Waals surface area (Å²) in [5.41, 5.74) is 5.06. The van der Waals surface area contributed by atoms with Crippen LogP contribution in [0.4, 0.5) is 5.69 Å². The first-order chi connectivity index (χ1) is 12.5. The molecule has 3 rings (SSSR count). The summed E-state index contributed by atoms with van der Waals surface area (Å²) in [6, 6.07) is 17.8. The molecule has 0 atom stereocenters. The molecule has 0 bridgehead atoms. The molecule has 4 heteroatoms. The zero-order valence-electron chi connectivity index (χ0n) is 13.6. The number of nitro groups is 1. The van der Waals surface area contributed by atoms with Crippen molar-refractivity contribution in [3.63, 3.8) is 0 Å². The first kappa shape index (κ1) is 17.4. The van der Waals surface area contributed by atoms with Gasteiger partial charge in [0.25, 0.3) is 5.69 Å². The minimum atomic E-state index is -0.440. The van der Waals surface area contributed by atoms with Crippen LogP contribution < -0.4 is 0 Å². The second-order valence-corrected chi connectivity index (χ2v) is 6.07. The number of hydrogen-bond donors (Lipinski definition) is 1. The maximum Gasteiger partial charge on any atom is 0.270 e. The fourth-order valence-corrected chi connectivity index (χ4v) is 3.04. The van der Waals surface area contributed by atoms with E-state index in [2.05, 4.69) is 24.5 Å². The predicted molar refractivity (Wildman–Crippen MR) is 107 cm³/mol. The molecule has 26 heavy (non-hydrogen) atoms. The third-order valence-corrected chi connectivity index (χ3v) is 4.40. The van der Waals surface area contributed by atoms with Crippen LogP contribution in [-0.2, 0) is 0 Å². The quantitative estimate of drug-likeness (QED) is 0.304. The Hall–Kier alpha value is -3.47. The van der Waals surface area contributed by atoms with E-state index in [1.165, 1.54) is 12.1 Å². The average Bonchev–Trinajstić information content (AvgIpc) is 2.67. The van der Waals surface area contributed by atoms with Gasteiger partial charge in [-0.1, -0.05) is 30.0 Å². The Morgan fingerprint density at radius 2 is 1.42 bits per heavy atom. The summed E-state index contributed by atoms with van der Waals surface area (Å²) in [6.07, 6.45) is 11.0. The monoisotopic (exact) mass is 355 g/mol. The summed E-state index contributed by atoms with van der Waals surface area (Å²) >= 11 is 4.44. The van der Waals surface area contributed by atoms with Gasteiger partial charge in [-0.3, -0.25) is 10.1 Å². The molecule has 0 aliphatic rings. The Bertz CT molecular complexity index is 1090. The van der Waals surface area contributed by atoms with Crippen LogP contribution in [0.1, 0.15) is 11.1 Å². The van der Waals surface area contributed by atoms with Crippen molar-refractivity contribution in [2.45, 2.75) is 4.90 Å². The van der Waals surface area contributed by atoms with Crippen LogP contribution in [-0.4, -0.2) is 4.92 Å². The number of benzene rings is 3. The van der Waals surface area contributed by atoms with Gasteiger partial charge in [0.1, 0.15) is 0 Å². The lowest BCUT2D eigenvalue weighted by atomic mass is 9.92. The molecule has 0 heterocycles. The molecular weight excluding hydrogens is 342 g/mol. The normalized spacial score (nSPS) is 9.96. The maximum absolute atomic E-state index is 11.0. The standard InChI is InChI=1S/C22H13NO2S/c1-3-15-5-8-17(9-6-15)21-13-16(4-2)7-11-19(21)20-12-10-18(23(24)25)14-22(20)26/h1-2,5-14,26H. The Balaban J connectivity index is 2.20. The Labute approximate surface area is 157 Å². The van der Waals surface area contributed by atoms with Gasteiger partial charge in [-0.05, 0) is 52.6 Å². The molecule has 0 spiro atoms. The molecule has 0 radical (unpaired) electrons. The first-order valence-corrected chi connectivity index (χ1v) is 8.13. The van der Waals surface area contributed by atoms with Crippen molar-refractivity contribution in [3.8, 4) is 46.9 Å². The number of non-ortho nitro benzene ring substituents is 1. The maximum atomic E-state index is 11.0. The molecule has 0 saturated carbocycles. The zero-order valence-corrected chi connectivity index (χ0v) is 14.5. The second-order valence-electron chi connectivity index (χ2n) is 5.58. The number of nitrogens with zero attached hydrogens (tertiary/aromatic N) is 1. The van der Waals surface area contributed by atoms with E-state index in [9.17, 15) is 10.1 Å². The minimum Gasteiger partial charge on any atom is -0.258 e. The van der Waals surface area contributed by atoms with Crippen LogP contribution in [0.5, 0.6) is 0 Å². The van der Waals surface area contributed by atoms with Gasteiger partial charge in [-0.15, -0.1) is 25.5 Å². The number of rotatable bonds is 3. The highest BCUT2D eigenvalue weighted by Crippen LogP contribution is 2.37. The van der Waals surface area contributed by atoms with Crippen LogP contribution >= 0.6 is 12.6 Å². The van der Waals surface area contributed by atoms with Gasteiger partial charge in [0, 0.05) is 28.2 Å². The van der Waals surface area contributed by atoms with Crippen molar-refractivity contribution < 1.29 is 4.92 Å². The van der Waals surface area contributed by atoms with E-state index in [0.717, 1.165) is 33.4 Å². The Morgan fingerprint density at radius 1 is 0.808 bits per heavy atom. The zero-order chi connectivity index (χ0) is 18.7. The molecule has 3 nitrogen and oxygen atoms in total. The largest absolute Gasteiger partial charge is 0.270 e. The minimum absolute atomic E-state index is 0.00100. The van der Waals surface area contributed by atoms with Crippen molar-refractivity contribution >= 4 is 18.3 Å². The first-order valence-electron chi connectivity index (χ1n) is 7.69. The lowest BCUT2D eigenvalue weighted by Gasteiger charge is -2.13. The third kappa shape index (κ3) is 3.32. The van der Waals surface area contributed by atoms with E-state index < -0.39 is 4.92 Å². The summed E-state index contributed by atoms with van der Waals surface area (Å²) in [4.78, 5) is 11.0. The van der Waals surface area contributed by atoms with Crippen LogP contribution in [0.2, 0.25) is 0 Å². The van der Waals surface area contributed by atoms with Gasteiger partial charge in [-0.2, -0.15) is 0 Å². The van der Waals surface area contributed by atoms with Gasteiger partial charge < -0.3 is 0 Å². The molecule has 0 aliphatic heterocycles. The molecule has 3 aromatic rings. The highest BCUT2D eigenvalue weighted by Gasteiger charge is 2.14. The van der Waals surface area contributed by atoms with Gasteiger partial charge >= 0.3 is 0 Å². The Kier molecular flexibility index (Phi) is 4.80. The lowest BCUT2D eigenvalue weighted by Crippen LogP contribution is -1.92.